The fraction of sp³-hybridized carbons (Fsp3) is 0.500. The summed E-state index contributed by atoms with van der Waals surface area (Å²) in [6, 6.07) is 10.4. The Morgan fingerprint density at radius 1 is 1.27 bits per heavy atom. The number of rotatable bonds is 3. The topological polar surface area (TPSA) is 63.6 Å². The molecule has 6 heteroatoms. The molecule has 2 fully saturated rings. The van der Waals surface area contributed by atoms with Gasteiger partial charge in [-0.2, -0.15) is 0 Å². The third kappa shape index (κ3) is 3.16. The van der Waals surface area contributed by atoms with E-state index >= 15 is 0 Å². The van der Waals surface area contributed by atoms with E-state index in [1.807, 2.05) is 17.0 Å². The molecule has 0 unspecified atom stereocenters. The first-order valence-electron chi connectivity index (χ1n) is 9.36. The molecule has 0 aliphatic carbocycles. The molecule has 2 saturated heterocycles. The van der Waals surface area contributed by atoms with Crippen molar-refractivity contribution in [3.63, 3.8) is 0 Å². The van der Waals surface area contributed by atoms with Gasteiger partial charge in [-0.1, -0.05) is 18.2 Å². The lowest BCUT2D eigenvalue weighted by Crippen LogP contribution is -2.36. The molecule has 4 rings (SSSR count). The largest absolute Gasteiger partial charge is 0.441 e. The van der Waals surface area contributed by atoms with E-state index in [0.29, 0.717) is 32.5 Å². The van der Waals surface area contributed by atoms with Crippen LogP contribution in [0, 0.1) is 6.92 Å². The number of hydrogen-bond donors (Lipinski definition) is 1. The van der Waals surface area contributed by atoms with E-state index < -0.39 is 5.60 Å². The number of likely N-dealkylation sites (tertiary alicyclic amines) is 1. The highest BCUT2D eigenvalue weighted by molar-refractivity contribution is 5.82. The number of para-hydroxylation sites is 1. The molecule has 1 N–H and O–H groups in total. The molecule has 0 radical (unpaired) electrons. The number of carbonyl (C=O) groups excluding carboxylic acids is 2. The van der Waals surface area contributed by atoms with Crippen molar-refractivity contribution in [2.45, 2.75) is 44.8 Å². The first-order chi connectivity index (χ1) is 12.6. The Bertz CT molecular complexity index is 844. The van der Waals surface area contributed by atoms with Gasteiger partial charge in [0.25, 0.3) is 0 Å². The van der Waals surface area contributed by atoms with Gasteiger partial charge < -0.3 is 19.5 Å². The zero-order valence-corrected chi connectivity index (χ0v) is 15.2. The Balaban J connectivity index is 1.39. The van der Waals surface area contributed by atoms with Gasteiger partial charge in [-0.3, -0.25) is 4.79 Å². The summed E-state index contributed by atoms with van der Waals surface area (Å²) in [5, 5.41) is 3.96. The molecule has 2 amide bonds. The van der Waals surface area contributed by atoms with Gasteiger partial charge in [0.1, 0.15) is 5.60 Å². The number of carbonyl (C=O) groups is 2. The van der Waals surface area contributed by atoms with Crippen LogP contribution in [0.3, 0.4) is 0 Å². The number of nitrogens with one attached hydrogen (secondary N) is 1. The van der Waals surface area contributed by atoms with Crippen molar-refractivity contribution in [1.29, 1.82) is 0 Å². The summed E-state index contributed by atoms with van der Waals surface area (Å²) in [6.45, 7) is 4.73. The van der Waals surface area contributed by atoms with Crippen LogP contribution >= 0.6 is 0 Å². The van der Waals surface area contributed by atoms with Crippen LogP contribution in [0.1, 0.15) is 31.4 Å². The Hall–Kier alpha value is -2.50. The van der Waals surface area contributed by atoms with Gasteiger partial charge in [0.05, 0.1) is 6.54 Å². The van der Waals surface area contributed by atoms with Crippen molar-refractivity contribution in [2.24, 2.45) is 0 Å². The number of alkyl carbamates (subject to hydrolysis) is 1. The molecular weight excluding hydrogens is 330 g/mol. The van der Waals surface area contributed by atoms with Gasteiger partial charge in [0.2, 0.25) is 5.91 Å². The second kappa shape index (κ2) is 6.67. The normalized spacial score (nSPS) is 23.1. The Labute approximate surface area is 153 Å². The maximum absolute atomic E-state index is 12.8. The van der Waals surface area contributed by atoms with Crippen LogP contribution < -0.4 is 5.32 Å². The van der Waals surface area contributed by atoms with Crippen molar-refractivity contribution in [3.05, 3.63) is 36.0 Å². The highest BCUT2D eigenvalue weighted by Gasteiger charge is 2.41. The third-order valence-corrected chi connectivity index (χ3v) is 5.68. The molecule has 2 aliphatic rings. The number of aromatic nitrogens is 1. The van der Waals surface area contributed by atoms with Crippen molar-refractivity contribution in [1.82, 2.24) is 14.8 Å². The van der Waals surface area contributed by atoms with Gasteiger partial charge in [0.15, 0.2) is 0 Å². The summed E-state index contributed by atoms with van der Waals surface area (Å²) in [6.07, 6.45) is 2.55. The minimum absolute atomic E-state index is 0.177. The standard InChI is InChI=1S/C20H25N3O3/c1-15-13-16-5-2-3-6-17(16)23(15)11-7-18(24)22-10-4-8-20(9-12-22)14-21-19(25)26-20/h2-3,5-6,13H,4,7-12,14H2,1H3,(H,21,25)/t20-/m1/s1. The van der Waals surface area contributed by atoms with Crippen molar-refractivity contribution >= 4 is 22.9 Å². The van der Waals surface area contributed by atoms with E-state index in [9.17, 15) is 9.59 Å². The van der Waals surface area contributed by atoms with E-state index in [-0.39, 0.29) is 12.0 Å². The minimum atomic E-state index is -0.417. The summed E-state index contributed by atoms with van der Waals surface area (Å²) in [5.74, 6) is 0.177. The molecule has 1 aromatic heterocycles. The Kier molecular flexibility index (Phi) is 4.34. The van der Waals surface area contributed by atoms with Crippen LogP contribution in [0.15, 0.2) is 30.3 Å². The average Bonchev–Trinajstić information content (AvgIpc) is 3.06. The van der Waals surface area contributed by atoms with Crippen LogP contribution in [0.25, 0.3) is 10.9 Å². The second-order valence-electron chi connectivity index (χ2n) is 7.41. The molecule has 6 nitrogen and oxygen atoms in total. The van der Waals surface area contributed by atoms with Crippen molar-refractivity contribution < 1.29 is 14.3 Å². The number of amides is 2. The van der Waals surface area contributed by atoms with E-state index in [1.165, 1.54) is 16.6 Å². The van der Waals surface area contributed by atoms with Crippen LogP contribution in [-0.2, 0) is 16.1 Å². The van der Waals surface area contributed by atoms with E-state index in [0.717, 1.165) is 19.4 Å². The predicted molar refractivity (Wildman–Crippen MR) is 98.9 cm³/mol. The van der Waals surface area contributed by atoms with Crippen LogP contribution in [0.4, 0.5) is 4.79 Å². The second-order valence-corrected chi connectivity index (χ2v) is 7.41. The molecule has 2 aromatic rings. The van der Waals surface area contributed by atoms with E-state index in [2.05, 4.69) is 35.0 Å². The van der Waals surface area contributed by atoms with Gasteiger partial charge in [-0.05, 0) is 37.3 Å². The first-order valence-corrected chi connectivity index (χ1v) is 9.36. The number of hydrogen-bond acceptors (Lipinski definition) is 3. The summed E-state index contributed by atoms with van der Waals surface area (Å²) >= 11 is 0. The van der Waals surface area contributed by atoms with Crippen LogP contribution in [0.5, 0.6) is 0 Å². The zero-order chi connectivity index (χ0) is 18.1. The average molecular weight is 355 g/mol. The number of aryl methyl sites for hydroxylation is 2. The SMILES string of the molecule is Cc1cc2ccccc2n1CCC(=O)N1CCC[C@@]2(CC1)CNC(=O)O2. The quantitative estimate of drug-likeness (QED) is 0.921. The molecule has 26 heavy (non-hydrogen) atoms. The molecule has 0 saturated carbocycles. The summed E-state index contributed by atoms with van der Waals surface area (Å²) in [7, 11) is 0. The lowest BCUT2D eigenvalue weighted by Gasteiger charge is -2.25. The molecule has 1 atom stereocenters. The fourth-order valence-corrected chi connectivity index (χ4v) is 4.21. The van der Waals surface area contributed by atoms with Gasteiger partial charge in [0, 0.05) is 43.7 Å². The zero-order valence-electron chi connectivity index (χ0n) is 15.2. The number of ether oxygens (including phenoxy) is 1. The fourth-order valence-electron chi connectivity index (χ4n) is 4.21. The van der Waals surface area contributed by atoms with Gasteiger partial charge in [-0.25, -0.2) is 4.79 Å². The number of fused-ring (bicyclic) bond motifs is 1. The van der Waals surface area contributed by atoms with E-state index in [1.54, 1.807) is 0 Å². The lowest BCUT2D eigenvalue weighted by molar-refractivity contribution is -0.131. The summed E-state index contributed by atoms with van der Waals surface area (Å²) < 4.78 is 7.71. The number of benzene rings is 1. The molecule has 3 heterocycles. The molecule has 2 aliphatic heterocycles. The summed E-state index contributed by atoms with van der Waals surface area (Å²) in [4.78, 5) is 26.1. The molecule has 138 valence electrons. The highest BCUT2D eigenvalue weighted by Crippen LogP contribution is 2.29. The van der Waals surface area contributed by atoms with Crippen molar-refractivity contribution in [2.75, 3.05) is 19.6 Å². The smallest absolute Gasteiger partial charge is 0.407 e. The predicted octanol–water partition coefficient (Wildman–Crippen LogP) is 2.83. The monoisotopic (exact) mass is 355 g/mol. The Morgan fingerprint density at radius 2 is 2.12 bits per heavy atom. The van der Waals surface area contributed by atoms with E-state index in [4.69, 9.17) is 4.74 Å². The van der Waals surface area contributed by atoms with Gasteiger partial charge in [-0.15, -0.1) is 0 Å². The molecular formula is C20H25N3O3. The van der Waals surface area contributed by atoms with Crippen LogP contribution in [-0.4, -0.2) is 46.7 Å². The molecule has 0 bridgehead atoms. The maximum atomic E-state index is 12.8. The molecule has 1 spiro atoms. The molecule has 1 aromatic carbocycles. The lowest BCUT2D eigenvalue weighted by atomic mass is 9.95. The minimum Gasteiger partial charge on any atom is -0.441 e. The van der Waals surface area contributed by atoms with Gasteiger partial charge >= 0.3 is 6.09 Å². The Morgan fingerprint density at radius 3 is 2.92 bits per heavy atom. The third-order valence-electron chi connectivity index (χ3n) is 5.68. The van der Waals surface area contributed by atoms with Crippen LogP contribution in [0.2, 0.25) is 0 Å². The van der Waals surface area contributed by atoms with Crippen molar-refractivity contribution in [3.8, 4) is 0 Å². The number of nitrogens with zero attached hydrogens (tertiary/aromatic N) is 2. The summed E-state index contributed by atoms with van der Waals surface area (Å²) in [5.41, 5.74) is 1.94. The highest BCUT2D eigenvalue weighted by atomic mass is 16.6. The maximum Gasteiger partial charge on any atom is 0.407 e. The first kappa shape index (κ1) is 16.9.